The van der Waals surface area contributed by atoms with E-state index in [0.29, 0.717) is 16.6 Å². The fraction of sp³-hybridized carbons (Fsp3) is 0.257. The number of allylic oxidation sites excluding steroid dienone is 1. The molecule has 6 rings (SSSR count). The minimum Gasteiger partial charge on any atom is -0.497 e. The van der Waals surface area contributed by atoms with Crippen LogP contribution in [-0.4, -0.2) is 46.7 Å². The second-order valence-electron chi connectivity index (χ2n) is 11.3. The number of likely N-dealkylation sites (N-methyl/N-ethyl adjacent to an activating group) is 1. The van der Waals surface area contributed by atoms with E-state index >= 15 is 0 Å². The molecule has 0 spiro atoms. The van der Waals surface area contributed by atoms with Crippen LogP contribution in [-0.2, 0) is 11.2 Å². The fourth-order valence-corrected chi connectivity index (χ4v) is 7.07. The van der Waals surface area contributed by atoms with Crippen molar-refractivity contribution in [3.8, 4) is 5.75 Å². The van der Waals surface area contributed by atoms with Crippen molar-refractivity contribution in [2.24, 2.45) is 4.99 Å². The number of benzene rings is 3. The molecular formula is C35H36N4O2S. The molecule has 214 valence electrons. The number of amides is 1. The van der Waals surface area contributed by atoms with Crippen molar-refractivity contribution in [3.63, 3.8) is 0 Å². The number of nitrogens with one attached hydrogen (secondary N) is 1. The van der Waals surface area contributed by atoms with Gasteiger partial charge in [-0.15, -0.1) is 0 Å². The number of amidine groups is 1. The van der Waals surface area contributed by atoms with Crippen LogP contribution in [0.25, 0.3) is 22.6 Å². The van der Waals surface area contributed by atoms with Crippen LogP contribution >= 0.6 is 11.8 Å². The Morgan fingerprint density at radius 2 is 1.86 bits per heavy atom. The van der Waals surface area contributed by atoms with E-state index < -0.39 is 0 Å². The van der Waals surface area contributed by atoms with Gasteiger partial charge in [0.2, 0.25) is 0 Å². The molecule has 0 saturated carbocycles. The number of carbonyl (C=O) groups is 1. The largest absolute Gasteiger partial charge is 0.497 e. The molecule has 42 heavy (non-hydrogen) atoms. The summed E-state index contributed by atoms with van der Waals surface area (Å²) < 4.78 is 5.31. The van der Waals surface area contributed by atoms with Crippen LogP contribution in [0.3, 0.4) is 0 Å². The summed E-state index contributed by atoms with van der Waals surface area (Å²) in [4.78, 5) is 27.0. The smallest absolute Gasteiger partial charge is 0.266 e. The number of hydrogen-bond acceptors (Lipinski definition) is 5. The van der Waals surface area contributed by atoms with Crippen molar-refractivity contribution in [1.29, 1.82) is 0 Å². The minimum atomic E-state index is -0.0405. The highest BCUT2D eigenvalue weighted by Gasteiger charge is 2.34. The van der Waals surface area contributed by atoms with E-state index in [1.54, 1.807) is 7.11 Å². The molecule has 1 aromatic heterocycles. The summed E-state index contributed by atoms with van der Waals surface area (Å²) in [5, 5.41) is 1.87. The molecule has 0 bridgehead atoms. The van der Waals surface area contributed by atoms with Gasteiger partial charge in [0.05, 0.1) is 23.2 Å². The quantitative estimate of drug-likeness (QED) is 0.226. The van der Waals surface area contributed by atoms with E-state index in [1.165, 1.54) is 39.5 Å². The summed E-state index contributed by atoms with van der Waals surface area (Å²) in [6.45, 7) is 10.3. The number of aromatic nitrogens is 1. The maximum Gasteiger partial charge on any atom is 0.266 e. The first-order valence-corrected chi connectivity index (χ1v) is 15.2. The molecule has 4 aromatic rings. The van der Waals surface area contributed by atoms with Crippen molar-refractivity contribution < 1.29 is 9.53 Å². The van der Waals surface area contributed by atoms with E-state index in [9.17, 15) is 4.79 Å². The molecule has 0 aliphatic carbocycles. The van der Waals surface area contributed by atoms with Crippen LogP contribution in [0.4, 0.5) is 11.4 Å². The summed E-state index contributed by atoms with van der Waals surface area (Å²) >= 11 is 1.43. The normalized spacial score (nSPS) is 18.2. The summed E-state index contributed by atoms with van der Waals surface area (Å²) in [6.07, 6.45) is 7.10. The zero-order valence-corrected chi connectivity index (χ0v) is 25.6. The lowest BCUT2D eigenvalue weighted by Crippen LogP contribution is -2.44. The number of H-pyrrole nitrogens is 1. The lowest BCUT2D eigenvalue weighted by Gasteiger charge is -2.42. The number of methoxy groups -OCH3 is 1. The van der Waals surface area contributed by atoms with Gasteiger partial charge in [-0.2, -0.15) is 0 Å². The molecule has 0 unspecified atom stereocenters. The highest BCUT2D eigenvalue weighted by molar-refractivity contribution is 8.18. The lowest BCUT2D eigenvalue weighted by atomic mass is 9.88. The van der Waals surface area contributed by atoms with Gasteiger partial charge < -0.3 is 14.6 Å². The third-order valence-corrected chi connectivity index (χ3v) is 9.09. The van der Waals surface area contributed by atoms with E-state index in [-0.39, 0.29) is 11.4 Å². The van der Waals surface area contributed by atoms with Gasteiger partial charge in [-0.1, -0.05) is 30.3 Å². The molecule has 0 radical (unpaired) electrons. The molecule has 2 aliphatic rings. The lowest BCUT2D eigenvalue weighted by molar-refractivity contribution is -0.122. The monoisotopic (exact) mass is 576 g/mol. The van der Waals surface area contributed by atoms with Crippen LogP contribution in [0.1, 0.15) is 44.4 Å². The van der Waals surface area contributed by atoms with Crippen LogP contribution < -0.4 is 9.64 Å². The van der Waals surface area contributed by atoms with Crippen LogP contribution in [0.15, 0.2) is 88.9 Å². The number of aliphatic imine (C=N–C) groups is 1. The number of hydrogen-bond donors (Lipinski definition) is 1. The molecule has 6 nitrogen and oxygen atoms in total. The standard InChI is InChI=1S/C35H36N4O2S/c1-6-39-31-16-11-24(19-29(31)23(2)21-35(39,3)4)20-32-33(40)38(18-17-25-22-36-30-10-8-7-9-28(25)30)34(42-32)37-26-12-14-27(41-5)15-13-26/h7-16,19-22,36H,6,17-18H2,1-5H3/b32-20+,37-34?. The summed E-state index contributed by atoms with van der Waals surface area (Å²) in [6, 6.07) is 22.4. The minimum absolute atomic E-state index is 0.0200. The average Bonchev–Trinajstić information content (AvgIpc) is 3.52. The van der Waals surface area contributed by atoms with Crippen LogP contribution in [0.5, 0.6) is 5.75 Å². The molecule has 7 heteroatoms. The second-order valence-corrected chi connectivity index (χ2v) is 12.3. The van der Waals surface area contributed by atoms with Gasteiger partial charge in [0.15, 0.2) is 5.17 Å². The van der Waals surface area contributed by atoms with Crippen LogP contribution in [0, 0.1) is 0 Å². The Bertz CT molecular complexity index is 1750. The van der Waals surface area contributed by atoms with Crippen molar-refractivity contribution in [1.82, 2.24) is 9.88 Å². The Morgan fingerprint density at radius 1 is 1.07 bits per heavy atom. The van der Waals surface area contributed by atoms with Gasteiger partial charge in [-0.05, 0) is 111 Å². The number of ether oxygens (including phenoxy) is 1. The Hall–Kier alpha value is -4.23. The zero-order chi connectivity index (χ0) is 29.4. The maximum atomic E-state index is 13.9. The zero-order valence-electron chi connectivity index (χ0n) is 24.8. The number of aromatic amines is 1. The van der Waals surface area contributed by atoms with E-state index in [4.69, 9.17) is 9.73 Å². The topological polar surface area (TPSA) is 60.9 Å². The Morgan fingerprint density at radius 3 is 2.62 bits per heavy atom. The van der Waals surface area contributed by atoms with Crippen molar-refractivity contribution in [3.05, 3.63) is 101 Å². The molecule has 1 saturated heterocycles. The highest BCUT2D eigenvalue weighted by atomic mass is 32.2. The first-order valence-electron chi connectivity index (χ1n) is 14.4. The fourth-order valence-electron chi connectivity index (χ4n) is 6.05. The Labute approximate surface area is 251 Å². The maximum absolute atomic E-state index is 13.9. The number of rotatable bonds is 7. The van der Waals surface area contributed by atoms with Crippen LogP contribution in [0.2, 0.25) is 0 Å². The molecule has 3 aromatic carbocycles. The molecular weight excluding hydrogens is 540 g/mol. The predicted octanol–water partition coefficient (Wildman–Crippen LogP) is 8.05. The second kappa shape index (κ2) is 11.2. The molecule has 3 heterocycles. The summed E-state index contributed by atoms with van der Waals surface area (Å²) in [5.41, 5.74) is 7.74. The molecule has 1 amide bonds. The van der Waals surface area contributed by atoms with Gasteiger partial charge in [0, 0.05) is 41.4 Å². The predicted molar refractivity (Wildman–Crippen MR) is 177 cm³/mol. The van der Waals surface area contributed by atoms with Gasteiger partial charge in [0.1, 0.15) is 5.75 Å². The molecule has 1 fully saturated rings. The molecule has 2 aliphatic heterocycles. The SMILES string of the molecule is CCN1c2ccc(/C=C3/SC(=Nc4ccc(OC)cc4)N(CCc4c[nH]c5ccccc45)C3=O)cc2C(C)=CC1(C)C. The number of thioether (sulfide) groups is 1. The molecule has 1 N–H and O–H groups in total. The number of anilines is 1. The third kappa shape index (κ3) is 5.25. The number of fused-ring (bicyclic) bond motifs is 2. The van der Waals surface area contributed by atoms with Gasteiger partial charge >= 0.3 is 0 Å². The first-order chi connectivity index (χ1) is 20.3. The number of nitrogens with zero attached hydrogens (tertiary/aromatic N) is 3. The van der Waals surface area contributed by atoms with Crippen molar-refractivity contribution in [2.75, 3.05) is 25.1 Å². The van der Waals surface area contributed by atoms with E-state index in [1.807, 2.05) is 53.6 Å². The van der Waals surface area contributed by atoms with Gasteiger partial charge in [-0.25, -0.2) is 4.99 Å². The Balaban J connectivity index is 1.33. The Kier molecular flexibility index (Phi) is 7.45. The average molecular weight is 577 g/mol. The number of para-hydroxylation sites is 1. The van der Waals surface area contributed by atoms with E-state index in [2.05, 4.69) is 74.0 Å². The highest BCUT2D eigenvalue weighted by Crippen LogP contribution is 2.40. The van der Waals surface area contributed by atoms with Gasteiger partial charge in [0.25, 0.3) is 5.91 Å². The van der Waals surface area contributed by atoms with Crippen molar-refractivity contribution >= 4 is 56.8 Å². The molecule has 0 atom stereocenters. The van der Waals surface area contributed by atoms with Gasteiger partial charge in [-0.3, -0.25) is 9.69 Å². The third-order valence-electron chi connectivity index (χ3n) is 8.08. The number of carbonyl (C=O) groups excluding carboxylic acids is 1. The summed E-state index contributed by atoms with van der Waals surface area (Å²) in [5.74, 6) is 0.751. The van der Waals surface area contributed by atoms with E-state index in [0.717, 1.165) is 35.5 Å². The summed E-state index contributed by atoms with van der Waals surface area (Å²) in [7, 11) is 1.65. The van der Waals surface area contributed by atoms with Crippen molar-refractivity contribution in [2.45, 2.75) is 39.7 Å². The first kappa shape index (κ1) is 27.9.